The number of benzene rings is 2. The van der Waals surface area contributed by atoms with E-state index in [1.807, 2.05) is 56.3 Å². The maximum absolute atomic E-state index is 12.0. The maximum atomic E-state index is 12.0. The van der Waals surface area contributed by atoms with E-state index in [1.54, 1.807) is 6.20 Å². The van der Waals surface area contributed by atoms with Gasteiger partial charge in [0.05, 0.1) is 6.20 Å². The number of nitrogens with zero attached hydrogens (tertiary/aromatic N) is 2. The highest BCUT2D eigenvalue weighted by Gasteiger charge is 2.08. The van der Waals surface area contributed by atoms with Crippen molar-refractivity contribution in [1.29, 1.82) is 0 Å². The molecule has 1 aromatic heterocycles. The third-order valence-electron chi connectivity index (χ3n) is 3.67. The Labute approximate surface area is 134 Å². The van der Waals surface area contributed by atoms with Gasteiger partial charge in [-0.3, -0.25) is 4.79 Å². The van der Waals surface area contributed by atoms with Crippen LogP contribution in [0.15, 0.2) is 48.7 Å². The maximum Gasteiger partial charge on any atom is 0.262 e. The van der Waals surface area contributed by atoms with Crippen molar-refractivity contribution in [2.24, 2.45) is 0 Å². The van der Waals surface area contributed by atoms with Crippen LogP contribution in [-0.2, 0) is 4.79 Å². The van der Waals surface area contributed by atoms with E-state index in [-0.39, 0.29) is 12.5 Å². The quantitative estimate of drug-likeness (QED) is 0.803. The van der Waals surface area contributed by atoms with E-state index in [0.717, 1.165) is 22.0 Å². The van der Waals surface area contributed by atoms with Crippen molar-refractivity contribution in [3.63, 3.8) is 0 Å². The van der Waals surface area contributed by atoms with Crippen LogP contribution in [0.5, 0.6) is 5.88 Å². The molecule has 1 amide bonds. The van der Waals surface area contributed by atoms with Crippen LogP contribution < -0.4 is 10.1 Å². The molecule has 23 heavy (non-hydrogen) atoms. The first kappa shape index (κ1) is 15.0. The summed E-state index contributed by atoms with van der Waals surface area (Å²) in [5.74, 6) is 0.126. The lowest BCUT2D eigenvalue weighted by Gasteiger charge is -2.09. The second kappa shape index (κ2) is 6.44. The van der Waals surface area contributed by atoms with E-state index < -0.39 is 0 Å². The Bertz CT molecular complexity index is 857. The molecule has 5 nitrogen and oxygen atoms in total. The Balaban J connectivity index is 1.67. The largest absolute Gasteiger partial charge is 0.466 e. The lowest BCUT2D eigenvalue weighted by atomic mass is 10.1. The third-order valence-corrected chi connectivity index (χ3v) is 3.67. The van der Waals surface area contributed by atoms with Crippen molar-refractivity contribution >= 4 is 22.4 Å². The minimum absolute atomic E-state index is 0.115. The molecule has 3 aromatic rings. The third kappa shape index (κ3) is 3.45. The van der Waals surface area contributed by atoms with E-state index in [9.17, 15) is 4.79 Å². The van der Waals surface area contributed by atoms with Crippen molar-refractivity contribution in [2.75, 3.05) is 11.9 Å². The minimum atomic E-state index is -0.233. The summed E-state index contributed by atoms with van der Waals surface area (Å²) < 4.78 is 5.52. The van der Waals surface area contributed by atoms with Crippen molar-refractivity contribution in [3.8, 4) is 5.88 Å². The molecule has 0 spiro atoms. The zero-order valence-electron chi connectivity index (χ0n) is 13.0. The fourth-order valence-corrected chi connectivity index (χ4v) is 2.26. The van der Waals surface area contributed by atoms with Crippen molar-refractivity contribution in [3.05, 3.63) is 59.8 Å². The standard InChI is InChI=1S/C18H17N3O2/c1-12-7-8-15(9-13(12)2)20-17(22)11-23-18-16-6-4-3-5-14(16)10-19-21-18/h3-10H,11H2,1-2H3,(H,20,22). The Kier molecular flexibility index (Phi) is 4.19. The number of aryl methyl sites for hydroxylation is 2. The summed E-state index contributed by atoms with van der Waals surface area (Å²) in [6.45, 7) is 3.92. The number of anilines is 1. The van der Waals surface area contributed by atoms with Gasteiger partial charge in [-0.25, -0.2) is 0 Å². The van der Waals surface area contributed by atoms with Crippen LogP contribution in [0.4, 0.5) is 5.69 Å². The number of hydrogen-bond acceptors (Lipinski definition) is 4. The summed E-state index contributed by atoms with van der Waals surface area (Å²) in [4.78, 5) is 12.0. The number of rotatable bonds is 4. The monoisotopic (exact) mass is 307 g/mol. The number of ether oxygens (including phenoxy) is 1. The lowest BCUT2D eigenvalue weighted by Crippen LogP contribution is -2.20. The van der Waals surface area contributed by atoms with Crippen LogP contribution in [0.25, 0.3) is 10.8 Å². The second-order valence-electron chi connectivity index (χ2n) is 5.37. The first-order valence-electron chi connectivity index (χ1n) is 7.34. The van der Waals surface area contributed by atoms with Crippen LogP contribution in [0.1, 0.15) is 11.1 Å². The molecule has 0 saturated heterocycles. The topological polar surface area (TPSA) is 64.1 Å². The molecule has 116 valence electrons. The molecule has 0 aliphatic carbocycles. The highest BCUT2D eigenvalue weighted by atomic mass is 16.5. The van der Waals surface area contributed by atoms with Gasteiger partial charge in [-0.1, -0.05) is 24.3 Å². The summed E-state index contributed by atoms with van der Waals surface area (Å²) in [6.07, 6.45) is 1.66. The molecule has 0 bridgehead atoms. The molecule has 3 rings (SSSR count). The van der Waals surface area contributed by atoms with Gasteiger partial charge < -0.3 is 10.1 Å². The first-order valence-corrected chi connectivity index (χ1v) is 7.34. The van der Waals surface area contributed by atoms with Gasteiger partial charge in [0.25, 0.3) is 5.91 Å². The van der Waals surface area contributed by atoms with Gasteiger partial charge in [-0.05, 0) is 43.2 Å². The van der Waals surface area contributed by atoms with E-state index in [2.05, 4.69) is 15.5 Å². The highest BCUT2D eigenvalue weighted by molar-refractivity contribution is 5.92. The van der Waals surface area contributed by atoms with Crippen LogP contribution in [-0.4, -0.2) is 22.7 Å². The summed E-state index contributed by atoms with van der Waals surface area (Å²) in [5.41, 5.74) is 3.07. The van der Waals surface area contributed by atoms with Gasteiger partial charge in [0.15, 0.2) is 6.61 Å². The predicted molar refractivity (Wildman–Crippen MR) is 89.6 cm³/mol. The van der Waals surface area contributed by atoms with Crippen molar-refractivity contribution < 1.29 is 9.53 Å². The van der Waals surface area contributed by atoms with Crippen molar-refractivity contribution in [1.82, 2.24) is 10.2 Å². The van der Waals surface area contributed by atoms with Crippen molar-refractivity contribution in [2.45, 2.75) is 13.8 Å². The zero-order chi connectivity index (χ0) is 16.2. The number of carbonyl (C=O) groups is 1. The molecule has 0 aliphatic heterocycles. The Morgan fingerprint density at radius 1 is 1.13 bits per heavy atom. The molecule has 5 heteroatoms. The molecule has 0 aliphatic rings. The predicted octanol–water partition coefficient (Wildman–Crippen LogP) is 3.26. The number of amides is 1. The van der Waals surface area contributed by atoms with E-state index in [4.69, 9.17) is 4.74 Å². The second-order valence-corrected chi connectivity index (χ2v) is 5.37. The summed E-state index contributed by atoms with van der Waals surface area (Å²) in [6, 6.07) is 13.4. The van der Waals surface area contributed by atoms with Gasteiger partial charge in [-0.15, -0.1) is 5.10 Å². The summed E-state index contributed by atoms with van der Waals surface area (Å²) in [7, 11) is 0. The SMILES string of the molecule is Cc1ccc(NC(=O)COc2nncc3ccccc23)cc1C. The molecule has 1 heterocycles. The molecule has 1 N–H and O–H groups in total. The van der Waals surface area contributed by atoms with E-state index >= 15 is 0 Å². The number of carbonyl (C=O) groups excluding carboxylic acids is 1. The highest BCUT2D eigenvalue weighted by Crippen LogP contribution is 2.21. The van der Waals surface area contributed by atoms with Crippen LogP contribution in [0.3, 0.4) is 0 Å². The fraction of sp³-hybridized carbons (Fsp3) is 0.167. The van der Waals surface area contributed by atoms with E-state index in [0.29, 0.717) is 5.88 Å². The average Bonchev–Trinajstić information content (AvgIpc) is 2.56. The van der Waals surface area contributed by atoms with Crippen LogP contribution in [0, 0.1) is 13.8 Å². The van der Waals surface area contributed by atoms with Crippen LogP contribution in [0.2, 0.25) is 0 Å². The molecule has 0 radical (unpaired) electrons. The Hall–Kier alpha value is -2.95. The molecule has 0 atom stereocenters. The first-order chi connectivity index (χ1) is 11.1. The normalized spacial score (nSPS) is 10.5. The molecule has 0 saturated carbocycles. The van der Waals surface area contributed by atoms with Gasteiger partial charge in [0, 0.05) is 16.5 Å². The molecule has 2 aromatic carbocycles. The van der Waals surface area contributed by atoms with Gasteiger partial charge >= 0.3 is 0 Å². The molecular weight excluding hydrogens is 290 g/mol. The smallest absolute Gasteiger partial charge is 0.262 e. The molecular formula is C18H17N3O2. The average molecular weight is 307 g/mol. The summed E-state index contributed by atoms with van der Waals surface area (Å²) >= 11 is 0. The van der Waals surface area contributed by atoms with E-state index in [1.165, 1.54) is 5.56 Å². The lowest BCUT2D eigenvalue weighted by molar-refractivity contribution is -0.118. The number of fused-ring (bicyclic) bond motifs is 1. The fourth-order valence-electron chi connectivity index (χ4n) is 2.26. The molecule has 0 unspecified atom stereocenters. The zero-order valence-corrected chi connectivity index (χ0v) is 13.0. The number of aromatic nitrogens is 2. The summed E-state index contributed by atoms with van der Waals surface area (Å²) in [5, 5.41) is 12.4. The van der Waals surface area contributed by atoms with Crippen LogP contribution >= 0.6 is 0 Å². The minimum Gasteiger partial charge on any atom is -0.466 e. The van der Waals surface area contributed by atoms with Gasteiger partial charge in [-0.2, -0.15) is 5.10 Å². The number of nitrogens with one attached hydrogen (secondary N) is 1. The van der Waals surface area contributed by atoms with Gasteiger partial charge in [0.2, 0.25) is 5.88 Å². The van der Waals surface area contributed by atoms with Gasteiger partial charge in [0.1, 0.15) is 0 Å². The Morgan fingerprint density at radius 3 is 2.78 bits per heavy atom. The molecule has 0 fully saturated rings. The Morgan fingerprint density at radius 2 is 1.96 bits per heavy atom. The number of hydrogen-bond donors (Lipinski definition) is 1.